The number of hydrogen-bond donors (Lipinski definition) is 0. The molecule has 1 amide bonds. The molecule has 1 unspecified atom stereocenters. The SMILES string of the molecule is CC(C)CN1CCCC2(C1)CN(C(=O)c1ccccc1)CC1(CC1)O2. The summed E-state index contributed by atoms with van der Waals surface area (Å²) in [6.07, 6.45) is 4.42. The summed E-state index contributed by atoms with van der Waals surface area (Å²) in [6, 6.07) is 9.71. The number of hydrogen-bond acceptors (Lipinski definition) is 3. The fourth-order valence-electron chi connectivity index (χ4n) is 4.66. The molecular weight excluding hydrogens is 312 g/mol. The summed E-state index contributed by atoms with van der Waals surface area (Å²) in [5.41, 5.74) is 0.556. The minimum atomic E-state index is -0.174. The van der Waals surface area contributed by atoms with Crippen LogP contribution in [0.2, 0.25) is 0 Å². The first-order valence-electron chi connectivity index (χ1n) is 9.76. The second-order valence-electron chi connectivity index (χ2n) is 8.73. The van der Waals surface area contributed by atoms with Crippen LogP contribution in [0.25, 0.3) is 0 Å². The molecule has 1 saturated carbocycles. The number of nitrogens with zero attached hydrogens (tertiary/aromatic N) is 2. The molecule has 0 radical (unpaired) electrons. The van der Waals surface area contributed by atoms with Crippen LogP contribution in [0.1, 0.15) is 49.9 Å². The highest BCUT2D eigenvalue weighted by molar-refractivity contribution is 5.94. The Kier molecular flexibility index (Phi) is 4.37. The van der Waals surface area contributed by atoms with E-state index in [2.05, 4.69) is 23.6 Å². The third-order valence-corrected chi connectivity index (χ3v) is 5.75. The largest absolute Gasteiger partial charge is 0.364 e. The molecule has 0 aromatic heterocycles. The molecule has 2 spiro atoms. The maximum Gasteiger partial charge on any atom is 0.254 e. The zero-order valence-corrected chi connectivity index (χ0v) is 15.5. The molecule has 3 fully saturated rings. The molecule has 1 aliphatic carbocycles. The van der Waals surface area contributed by atoms with Gasteiger partial charge in [0, 0.05) is 18.7 Å². The van der Waals surface area contributed by atoms with Gasteiger partial charge in [0.15, 0.2) is 0 Å². The third kappa shape index (κ3) is 3.61. The highest BCUT2D eigenvalue weighted by atomic mass is 16.5. The quantitative estimate of drug-likeness (QED) is 0.846. The summed E-state index contributed by atoms with van der Waals surface area (Å²) in [5.74, 6) is 0.825. The van der Waals surface area contributed by atoms with Crippen molar-refractivity contribution >= 4 is 5.91 Å². The topological polar surface area (TPSA) is 32.8 Å². The molecule has 2 saturated heterocycles. The van der Waals surface area contributed by atoms with Crippen molar-refractivity contribution in [3.8, 4) is 0 Å². The molecule has 2 aliphatic heterocycles. The minimum Gasteiger partial charge on any atom is -0.364 e. The van der Waals surface area contributed by atoms with Crippen molar-refractivity contribution in [3.63, 3.8) is 0 Å². The molecule has 0 N–H and O–H groups in total. The number of carbonyl (C=O) groups excluding carboxylic acids is 1. The van der Waals surface area contributed by atoms with Crippen LogP contribution in [-0.2, 0) is 4.74 Å². The molecule has 4 heteroatoms. The van der Waals surface area contributed by atoms with Gasteiger partial charge in [-0.15, -0.1) is 0 Å². The van der Waals surface area contributed by atoms with Gasteiger partial charge >= 0.3 is 0 Å². The van der Waals surface area contributed by atoms with Gasteiger partial charge in [-0.25, -0.2) is 0 Å². The smallest absolute Gasteiger partial charge is 0.254 e. The number of rotatable bonds is 3. The third-order valence-electron chi connectivity index (χ3n) is 5.75. The van der Waals surface area contributed by atoms with Gasteiger partial charge in [-0.1, -0.05) is 32.0 Å². The summed E-state index contributed by atoms with van der Waals surface area (Å²) in [5, 5.41) is 0. The number of morpholine rings is 1. The van der Waals surface area contributed by atoms with Gasteiger partial charge < -0.3 is 14.5 Å². The van der Waals surface area contributed by atoms with Gasteiger partial charge in [-0.2, -0.15) is 0 Å². The molecule has 25 heavy (non-hydrogen) atoms. The van der Waals surface area contributed by atoms with E-state index >= 15 is 0 Å². The Bertz CT molecular complexity index is 626. The number of benzene rings is 1. The average molecular weight is 342 g/mol. The Labute approximate surface area is 151 Å². The van der Waals surface area contributed by atoms with Crippen molar-refractivity contribution in [2.75, 3.05) is 32.7 Å². The molecule has 0 bridgehead atoms. The summed E-state index contributed by atoms with van der Waals surface area (Å²) >= 11 is 0. The Morgan fingerprint density at radius 1 is 1.08 bits per heavy atom. The Morgan fingerprint density at radius 2 is 1.80 bits per heavy atom. The second-order valence-corrected chi connectivity index (χ2v) is 8.73. The highest BCUT2D eigenvalue weighted by Gasteiger charge is 2.57. The number of piperidine rings is 1. The zero-order chi connectivity index (χ0) is 17.5. The molecular formula is C21H30N2O2. The van der Waals surface area contributed by atoms with Crippen molar-refractivity contribution < 1.29 is 9.53 Å². The van der Waals surface area contributed by atoms with Crippen LogP contribution in [0.15, 0.2) is 30.3 Å². The lowest BCUT2D eigenvalue weighted by atomic mass is 9.88. The fourth-order valence-corrected chi connectivity index (χ4v) is 4.66. The molecule has 1 aromatic carbocycles. The maximum atomic E-state index is 13.1. The van der Waals surface area contributed by atoms with E-state index < -0.39 is 0 Å². The van der Waals surface area contributed by atoms with Crippen LogP contribution in [0.5, 0.6) is 0 Å². The Balaban J connectivity index is 1.54. The summed E-state index contributed by atoms with van der Waals surface area (Å²) < 4.78 is 6.71. The van der Waals surface area contributed by atoms with E-state index in [-0.39, 0.29) is 17.1 Å². The van der Waals surface area contributed by atoms with Crippen LogP contribution in [-0.4, -0.2) is 59.6 Å². The first kappa shape index (κ1) is 17.0. The lowest BCUT2D eigenvalue weighted by Crippen LogP contribution is -2.64. The van der Waals surface area contributed by atoms with Gasteiger partial charge in [0.1, 0.15) is 0 Å². The molecule has 1 atom stereocenters. The van der Waals surface area contributed by atoms with Crippen LogP contribution < -0.4 is 0 Å². The summed E-state index contributed by atoms with van der Waals surface area (Å²) in [4.78, 5) is 17.7. The molecule has 4 nitrogen and oxygen atoms in total. The fraction of sp³-hybridized carbons (Fsp3) is 0.667. The van der Waals surface area contributed by atoms with E-state index in [4.69, 9.17) is 4.74 Å². The monoisotopic (exact) mass is 342 g/mol. The molecule has 4 rings (SSSR count). The normalized spacial score (nSPS) is 28.7. The number of ether oxygens (including phenoxy) is 1. The van der Waals surface area contributed by atoms with Gasteiger partial charge in [-0.05, 0) is 50.3 Å². The first-order valence-corrected chi connectivity index (χ1v) is 9.76. The maximum absolute atomic E-state index is 13.1. The lowest BCUT2D eigenvalue weighted by molar-refractivity contribution is -0.183. The first-order chi connectivity index (χ1) is 12.0. The van der Waals surface area contributed by atoms with Gasteiger partial charge in [0.05, 0.1) is 24.3 Å². The van der Waals surface area contributed by atoms with Crippen LogP contribution in [0, 0.1) is 5.92 Å². The van der Waals surface area contributed by atoms with Crippen LogP contribution in [0.4, 0.5) is 0 Å². The Morgan fingerprint density at radius 3 is 2.48 bits per heavy atom. The van der Waals surface area contributed by atoms with Crippen molar-refractivity contribution in [2.24, 2.45) is 5.92 Å². The van der Waals surface area contributed by atoms with E-state index in [1.807, 2.05) is 30.3 Å². The minimum absolute atomic E-state index is 0.0659. The molecule has 136 valence electrons. The summed E-state index contributed by atoms with van der Waals surface area (Å²) in [6.45, 7) is 9.27. The van der Waals surface area contributed by atoms with Gasteiger partial charge in [0.2, 0.25) is 0 Å². The Hall–Kier alpha value is -1.39. The predicted octanol–water partition coefficient (Wildman–Crippen LogP) is 3.18. The van der Waals surface area contributed by atoms with Crippen LogP contribution >= 0.6 is 0 Å². The average Bonchev–Trinajstić information content (AvgIpc) is 3.32. The van der Waals surface area contributed by atoms with E-state index in [9.17, 15) is 4.79 Å². The van der Waals surface area contributed by atoms with Crippen molar-refractivity contribution in [3.05, 3.63) is 35.9 Å². The van der Waals surface area contributed by atoms with Crippen molar-refractivity contribution in [1.29, 1.82) is 0 Å². The predicted molar refractivity (Wildman–Crippen MR) is 98.6 cm³/mol. The van der Waals surface area contributed by atoms with E-state index in [0.29, 0.717) is 5.92 Å². The van der Waals surface area contributed by atoms with Crippen LogP contribution in [0.3, 0.4) is 0 Å². The second kappa shape index (κ2) is 6.40. The summed E-state index contributed by atoms with van der Waals surface area (Å²) in [7, 11) is 0. The lowest BCUT2D eigenvalue weighted by Gasteiger charge is -2.51. The van der Waals surface area contributed by atoms with E-state index in [1.54, 1.807) is 0 Å². The standard InChI is InChI=1S/C21H30N2O2/c1-17(2)13-22-12-6-9-21(14-22)16-23(15-20(25-21)10-11-20)19(24)18-7-4-3-5-8-18/h3-5,7-8,17H,6,9-16H2,1-2H3. The molecule has 1 aromatic rings. The van der Waals surface area contributed by atoms with E-state index in [0.717, 1.165) is 64.0 Å². The van der Waals surface area contributed by atoms with E-state index in [1.165, 1.54) is 0 Å². The molecule has 2 heterocycles. The van der Waals surface area contributed by atoms with Gasteiger partial charge in [-0.3, -0.25) is 4.79 Å². The van der Waals surface area contributed by atoms with Gasteiger partial charge in [0.25, 0.3) is 5.91 Å². The van der Waals surface area contributed by atoms with Crippen molar-refractivity contribution in [1.82, 2.24) is 9.80 Å². The van der Waals surface area contributed by atoms with Crippen molar-refractivity contribution in [2.45, 2.75) is 50.7 Å². The zero-order valence-electron chi connectivity index (χ0n) is 15.5. The number of likely N-dealkylation sites (tertiary alicyclic amines) is 1. The number of amides is 1. The molecule has 3 aliphatic rings. The number of carbonyl (C=O) groups is 1. The highest BCUT2D eigenvalue weighted by Crippen LogP contribution is 2.48.